The van der Waals surface area contributed by atoms with Gasteiger partial charge in [-0.25, -0.2) is 9.59 Å². The largest absolute Gasteiger partial charge is 0.449 e. The number of ether oxygens (including phenoxy) is 1. The van der Waals surface area contributed by atoms with Gasteiger partial charge in [0.1, 0.15) is 0 Å². The number of esters is 1. The number of carbonyl (C=O) groups excluding carboxylic acids is 3. The zero-order valence-electron chi connectivity index (χ0n) is 13.4. The van der Waals surface area contributed by atoms with Crippen LogP contribution in [0, 0.1) is 0 Å². The minimum Gasteiger partial charge on any atom is -0.449 e. The lowest BCUT2D eigenvalue weighted by molar-refractivity contribution is -0.149. The van der Waals surface area contributed by atoms with Gasteiger partial charge in [0, 0.05) is 12.1 Å². The molecular formula is C16H18Cl2N2O4. The Labute approximate surface area is 150 Å². The number of hydrogen-bond acceptors (Lipinski definition) is 4. The molecule has 0 aliphatic carbocycles. The van der Waals surface area contributed by atoms with Crippen molar-refractivity contribution in [3.63, 3.8) is 0 Å². The van der Waals surface area contributed by atoms with Gasteiger partial charge in [-0.2, -0.15) is 0 Å². The third-order valence-corrected chi connectivity index (χ3v) is 3.41. The van der Waals surface area contributed by atoms with E-state index < -0.39 is 24.0 Å². The number of rotatable bonds is 5. The van der Waals surface area contributed by atoms with Crippen LogP contribution in [0.15, 0.2) is 24.3 Å². The monoisotopic (exact) mass is 372 g/mol. The van der Waals surface area contributed by atoms with Crippen molar-refractivity contribution in [2.75, 3.05) is 0 Å². The Bertz CT molecular complexity index is 659. The summed E-state index contributed by atoms with van der Waals surface area (Å²) in [6.07, 6.45) is 1.51. The molecule has 0 fully saturated rings. The van der Waals surface area contributed by atoms with Crippen LogP contribution in [0.3, 0.4) is 0 Å². The highest BCUT2D eigenvalue weighted by Crippen LogP contribution is 2.23. The molecule has 6 nitrogen and oxygen atoms in total. The lowest BCUT2D eigenvalue weighted by Crippen LogP contribution is -2.46. The molecule has 1 atom stereocenters. The predicted octanol–water partition coefficient (Wildman–Crippen LogP) is 3.17. The number of imide groups is 1. The fourth-order valence-electron chi connectivity index (χ4n) is 1.56. The van der Waals surface area contributed by atoms with Crippen molar-refractivity contribution in [3.05, 3.63) is 39.9 Å². The van der Waals surface area contributed by atoms with Crippen LogP contribution in [-0.2, 0) is 14.3 Å². The standard InChI is InChI=1S/C16H18Cl2N2O4/c1-9(2)19-16(23)20-15(22)10(3)24-14(21)7-5-11-4-6-12(17)13(18)8-11/h4-10H,1-3H3,(H2,19,20,22,23)/b7-5+/t10-/m1/s1. The topological polar surface area (TPSA) is 84.5 Å². The summed E-state index contributed by atoms with van der Waals surface area (Å²) in [5.74, 6) is -1.45. The van der Waals surface area contributed by atoms with Gasteiger partial charge in [0.2, 0.25) is 0 Å². The molecule has 0 aliphatic heterocycles. The molecule has 0 saturated heterocycles. The van der Waals surface area contributed by atoms with Crippen LogP contribution in [0.2, 0.25) is 10.0 Å². The van der Waals surface area contributed by atoms with Gasteiger partial charge in [-0.15, -0.1) is 0 Å². The van der Waals surface area contributed by atoms with Gasteiger partial charge in [-0.3, -0.25) is 10.1 Å². The van der Waals surface area contributed by atoms with Gasteiger partial charge in [-0.05, 0) is 44.5 Å². The summed E-state index contributed by atoms with van der Waals surface area (Å²) in [6.45, 7) is 4.87. The summed E-state index contributed by atoms with van der Waals surface area (Å²) in [5, 5.41) is 5.33. The van der Waals surface area contributed by atoms with Crippen molar-refractivity contribution in [3.8, 4) is 0 Å². The fourth-order valence-corrected chi connectivity index (χ4v) is 1.87. The van der Waals surface area contributed by atoms with E-state index in [4.69, 9.17) is 27.9 Å². The first-order valence-corrected chi connectivity index (χ1v) is 7.89. The molecule has 0 saturated carbocycles. The molecule has 0 unspecified atom stereocenters. The fraction of sp³-hybridized carbons (Fsp3) is 0.312. The second kappa shape index (κ2) is 9.30. The maximum absolute atomic E-state index is 11.7. The predicted molar refractivity (Wildman–Crippen MR) is 92.9 cm³/mol. The highest BCUT2D eigenvalue weighted by atomic mass is 35.5. The average Bonchev–Trinajstić information content (AvgIpc) is 2.47. The summed E-state index contributed by atoms with van der Waals surface area (Å²) in [6, 6.07) is 4.08. The second-order valence-corrected chi connectivity index (χ2v) is 6.02. The quantitative estimate of drug-likeness (QED) is 0.613. The van der Waals surface area contributed by atoms with E-state index in [2.05, 4.69) is 10.6 Å². The molecule has 1 rings (SSSR count). The number of amides is 3. The van der Waals surface area contributed by atoms with Crippen molar-refractivity contribution in [1.29, 1.82) is 0 Å². The lowest BCUT2D eigenvalue weighted by Gasteiger charge is -2.13. The summed E-state index contributed by atoms with van der Waals surface area (Å²) >= 11 is 11.7. The zero-order chi connectivity index (χ0) is 18.3. The van der Waals surface area contributed by atoms with E-state index in [1.165, 1.54) is 13.0 Å². The zero-order valence-corrected chi connectivity index (χ0v) is 14.9. The third-order valence-electron chi connectivity index (χ3n) is 2.67. The molecule has 1 aromatic carbocycles. The molecule has 3 amide bonds. The molecule has 0 heterocycles. The maximum Gasteiger partial charge on any atom is 0.331 e. The van der Waals surface area contributed by atoms with Crippen LogP contribution in [0.5, 0.6) is 0 Å². The second-order valence-electron chi connectivity index (χ2n) is 5.20. The van der Waals surface area contributed by atoms with Gasteiger partial charge >= 0.3 is 12.0 Å². The molecule has 1 aromatic rings. The van der Waals surface area contributed by atoms with Crippen molar-refractivity contribution < 1.29 is 19.1 Å². The van der Waals surface area contributed by atoms with Crippen LogP contribution >= 0.6 is 23.2 Å². The normalized spacial score (nSPS) is 12.1. The van der Waals surface area contributed by atoms with Gasteiger partial charge in [0.15, 0.2) is 6.10 Å². The van der Waals surface area contributed by atoms with E-state index in [1.807, 2.05) is 0 Å². The minimum atomic E-state index is -1.12. The van der Waals surface area contributed by atoms with Crippen LogP contribution < -0.4 is 10.6 Å². The van der Waals surface area contributed by atoms with E-state index in [0.717, 1.165) is 6.08 Å². The van der Waals surface area contributed by atoms with Crippen molar-refractivity contribution in [2.45, 2.75) is 32.9 Å². The van der Waals surface area contributed by atoms with Crippen LogP contribution in [0.4, 0.5) is 4.79 Å². The van der Waals surface area contributed by atoms with Crippen molar-refractivity contribution >= 4 is 47.2 Å². The van der Waals surface area contributed by atoms with E-state index in [1.54, 1.807) is 32.0 Å². The number of nitrogens with one attached hydrogen (secondary N) is 2. The first-order chi connectivity index (χ1) is 11.2. The molecule has 130 valence electrons. The molecule has 0 aromatic heterocycles. The summed E-state index contributed by atoms with van der Waals surface area (Å²) < 4.78 is 4.92. The number of urea groups is 1. The van der Waals surface area contributed by atoms with Gasteiger partial charge in [0.25, 0.3) is 5.91 Å². The van der Waals surface area contributed by atoms with Gasteiger partial charge < -0.3 is 10.1 Å². The molecular weight excluding hydrogens is 355 g/mol. The number of halogens is 2. The van der Waals surface area contributed by atoms with E-state index in [9.17, 15) is 14.4 Å². The SMILES string of the molecule is CC(C)NC(=O)NC(=O)[C@@H](C)OC(=O)/C=C/c1ccc(Cl)c(Cl)c1. The van der Waals surface area contributed by atoms with Crippen LogP contribution in [0.1, 0.15) is 26.3 Å². The highest BCUT2D eigenvalue weighted by molar-refractivity contribution is 6.42. The summed E-state index contributed by atoms with van der Waals surface area (Å²) in [7, 11) is 0. The van der Waals surface area contributed by atoms with Crippen molar-refractivity contribution in [2.24, 2.45) is 0 Å². The van der Waals surface area contributed by atoms with E-state index in [-0.39, 0.29) is 6.04 Å². The first-order valence-electron chi connectivity index (χ1n) is 7.14. The Balaban J connectivity index is 2.54. The molecule has 0 radical (unpaired) electrons. The highest BCUT2D eigenvalue weighted by Gasteiger charge is 2.19. The summed E-state index contributed by atoms with van der Waals surface area (Å²) in [4.78, 5) is 34.8. The van der Waals surface area contributed by atoms with E-state index in [0.29, 0.717) is 15.6 Å². The third kappa shape index (κ3) is 7.02. The first kappa shape index (κ1) is 20.0. The van der Waals surface area contributed by atoms with Gasteiger partial charge in [-0.1, -0.05) is 29.3 Å². The van der Waals surface area contributed by atoms with Gasteiger partial charge in [0.05, 0.1) is 10.0 Å². The molecule has 2 N–H and O–H groups in total. The molecule has 24 heavy (non-hydrogen) atoms. The molecule has 8 heteroatoms. The number of benzene rings is 1. The van der Waals surface area contributed by atoms with Crippen LogP contribution in [-0.4, -0.2) is 30.1 Å². The van der Waals surface area contributed by atoms with Crippen LogP contribution in [0.25, 0.3) is 6.08 Å². The lowest BCUT2D eigenvalue weighted by atomic mass is 10.2. The Hall–Kier alpha value is -2.05. The smallest absolute Gasteiger partial charge is 0.331 e. The van der Waals surface area contributed by atoms with E-state index >= 15 is 0 Å². The Kier molecular flexibility index (Phi) is 7.74. The minimum absolute atomic E-state index is 0.121. The number of carbonyl (C=O) groups is 3. The molecule has 0 bridgehead atoms. The Morgan fingerprint density at radius 3 is 2.38 bits per heavy atom. The summed E-state index contributed by atoms with van der Waals surface area (Å²) in [5.41, 5.74) is 0.648. The van der Waals surface area contributed by atoms with Crippen molar-refractivity contribution in [1.82, 2.24) is 10.6 Å². The number of hydrogen-bond donors (Lipinski definition) is 2. The average molecular weight is 373 g/mol. The Morgan fingerprint density at radius 2 is 1.79 bits per heavy atom. The Morgan fingerprint density at radius 1 is 1.12 bits per heavy atom. The molecule has 0 spiro atoms. The maximum atomic E-state index is 11.7. The molecule has 0 aliphatic rings.